The molecule has 1 saturated carbocycles. The summed E-state index contributed by atoms with van der Waals surface area (Å²) in [6, 6.07) is 16.2. The van der Waals surface area contributed by atoms with Crippen molar-refractivity contribution in [2.75, 3.05) is 12.5 Å². The lowest BCUT2D eigenvalue weighted by Crippen LogP contribution is -2.53. The number of imide groups is 2. The van der Waals surface area contributed by atoms with Crippen molar-refractivity contribution in [2.45, 2.75) is 50.5 Å². The summed E-state index contributed by atoms with van der Waals surface area (Å²) in [6.07, 6.45) is 2.37. The number of halogens is 3. The molecular formula is C37H34Cl3N3O6. The van der Waals surface area contributed by atoms with Crippen LogP contribution in [0.3, 0.4) is 0 Å². The van der Waals surface area contributed by atoms with Crippen LogP contribution in [0.25, 0.3) is 0 Å². The molecule has 3 aromatic carbocycles. The van der Waals surface area contributed by atoms with Gasteiger partial charge >= 0.3 is 0 Å². The smallest absolute Gasteiger partial charge is 0.260 e. The maximum Gasteiger partial charge on any atom is 0.260 e. The summed E-state index contributed by atoms with van der Waals surface area (Å²) in [6.45, 7) is 5.48. The molecule has 0 bridgehead atoms. The summed E-state index contributed by atoms with van der Waals surface area (Å²) in [5, 5.41) is 12.2. The Morgan fingerprint density at radius 3 is 2.22 bits per heavy atom. The summed E-state index contributed by atoms with van der Waals surface area (Å²) in [5.74, 6) is -4.82. The predicted octanol–water partition coefficient (Wildman–Crippen LogP) is 7.14. The fraction of sp³-hybridized carbons (Fsp3) is 0.351. The number of benzene rings is 3. The first kappa shape index (κ1) is 33.4. The summed E-state index contributed by atoms with van der Waals surface area (Å²) >= 11 is 19.6. The van der Waals surface area contributed by atoms with Crippen LogP contribution >= 0.6 is 34.8 Å². The van der Waals surface area contributed by atoms with Gasteiger partial charge in [-0.3, -0.25) is 29.5 Å². The molecule has 0 radical (unpaired) electrons. The molecule has 2 heterocycles. The molecule has 2 aliphatic heterocycles. The number of nitrogens with zero attached hydrogens (tertiary/aromatic N) is 2. The van der Waals surface area contributed by atoms with Gasteiger partial charge in [-0.05, 0) is 93.1 Å². The van der Waals surface area contributed by atoms with Crippen molar-refractivity contribution < 1.29 is 29.0 Å². The number of amides is 4. The van der Waals surface area contributed by atoms with Crippen LogP contribution in [0, 0.1) is 23.7 Å². The summed E-state index contributed by atoms with van der Waals surface area (Å²) in [4.78, 5) is 59.4. The number of carbonyl (C=O) groups excluding carboxylic acids is 4. The number of hydrogen-bond acceptors (Lipinski definition) is 7. The van der Waals surface area contributed by atoms with Gasteiger partial charge in [0.25, 0.3) is 11.8 Å². The lowest BCUT2D eigenvalue weighted by atomic mass is 9.49. The third kappa shape index (κ3) is 4.95. The molecule has 3 aromatic rings. The second-order valence-corrected chi connectivity index (χ2v) is 15.4. The molecule has 4 aliphatic rings. The normalized spacial score (nSPS) is 27.9. The van der Waals surface area contributed by atoms with Gasteiger partial charge in [0.05, 0.1) is 41.0 Å². The van der Waals surface area contributed by atoms with Crippen LogP contribution in [0.15, 0.2) is 72.3 Å². The minimum atomic E-state index is -1.56. The van der Waals surface area contributed by atoms with Gasteiger partial charge in [0.1, 0.15) is 11.5 Å². The van der Waals surface area contributed by atoms with Crippen LogP contribution in [0.4, 0.5) is 5.69 Å². The number of allylic oxidation sites excluding steroid dienone is 2. The van der Waals surface area contributed by atoms with E-state index in [1.165, 1.54) is 30.2 Å². The lowest BCUT2D eigenvalue weighted by molar-refractivity contribution is -0.146. The molecule has 2 saturated heterocycles. The van der Waals surface area contributed by atoms with E-state index in [-0.39, 0.29) is 40.5 Å². The highest BCUT2D eigenvalue weighted by Gasteiger charge is 2.70. The highest BCUT2D eigenvalue weighted by molar-refractivity contribution is 6.36. The van der Waals surface area contributed by atoms with Crippen LogP contribution in [0.5, 0.6) is 11.5 Å². The maximum atomic E-state index is 15.3. The van der Waals surface area contributed by atoms with E-state index in [1.54, 1.807) is 42.5 Å². The minimum absolute atomic E-state index is 0.0688. The Morgan fingerprint density at radius 2 is 1.59 bits per heavy atom. The number of phenolic OH excluding ortho intramolecular Hbond substituents is 1. The monoisotopic (exact) mass is 721 g/mol. The zero-order valence-electron chi connectivity index (χ0n) is 27.2. The van der Waals surface area contributed by atoms with E-state index >= 15 is 4.79 Å². The van der Waals surface area contributed by atoms with E-state index in [0.717, 1.165) is 10.6 Å². The number of carbonyl (C=O) groups is 4. The summed E-state index contributed by atoms with van der Waals surface area (Å²) in [7, 11) is 1.54. The van der Waals surface area contributed by atoms with Crippen LogP contribution in [-0.2, 0) is 24.6 Å². The molecule has 254 valence electrons. The van der Waals surface area contributed by atoms with E-state index in [9.17, 15) is 19.5 Å². The molecule has 12 heteroatoms. The Kier molecular flexibility index (Phi) is 8.04. The van der Waals surface area contributed by atoms with Crippen molar-refractivity contribution in [1.29, 1.82) is 0 Å². The number of methoxy groups -OCH3 is 1. The molecule has 0 aromatic heterocycles. The van der Waals surface area contributed by atoms with Crippen molar-refractivity contribution in [3.63, 3.8) is 0 Å². The first-order valence-electron chi connectivity index (χ1n) is 16.0. The summed E-state index contributed by atoms with van der Waals surface area (Å²) in [5.41, 5.74) is 2.77. The highest BCUT2D eigenvalue weighted by atomic mass is 35.5. The fourth-order valence-corrected chi connectivity index (χ4v) is 9.33. The zero-order valence-corrected chi connectivity index (χ0v) is 29.4. The molecule has 6 unspecified atom stereocenters. The summed E-state index contributed by atoms with van der Waals surface area (Å²) < 4.78 is 5.44. The Hall–Kier alpha value is -4.05. The molecule has 2 aliphatic carbocycles. The number of rotatable bonds is 5. The Bertz CT molecular complexity index is 1960. The van der Waals surface area contributed by atoms with Crippen LogP contribution in [0.2, 0.25) is 15.1 Å². The average molecular weight is 723 g/mol. The molecule has 49 heavy (non-hydrogen) atoms. The molecule has 9 nitrogen and oxygen atoms in total. The number of hydrazine groups is 1. The van der Waals surface area contributed by atoms with Crippen LogP contribution in [0.1, 0.15) is 50.7 Å². The number of ether oxygens (including phenoxy) is 1. The number of fused-ring (bicyclic) bond motifs is 4. The van der Waals surface area contributed by atoms with Gasteiger partial charge in [-0.15, -0.1) is 0 Å². The van der Waals surface area contributed by atoms with E-state index in [2.05, 4.69) is 5.43 Å². The standard InChI is InChI=1S/C37H34Cl3N3O6/c1-36(2,3)42-32(45)24-13-12-22-25(30(24)34(42)47)17-26-33(46)43(41-29-14-7-19(38)15-28(29)40)35(48)37(26,18-5-9-21(49-4)10-6-18)31(22)23-11-8-20(44)16-27(23)39/h5-12,14-16,24-26,30-31,41,44H,13,17H2,1-4H3. The van der Waals surface area contributed by atoms with Gasteiger partial charge in [-0.2, -0.15) is 5.01 Å². The Labute approximate surface area is 298 Å². The molecule has 3 fully saturated rings. The Balaban J connectivity index is 1.47. The number of phenols is 1. The molecule has 6 atom stereocenters. The second kappa shape index (κ2) is 11.8. The van der Waals surface area contributed by atoms with Crippen molar-refractivity contribution in [1.82, 2.24) is 9.91 Å². The highest BCUT2D eigenvalue weighted by Crippen LogP contribution is 2.65. The predicted molar refractivity (Wildman–Crippen MR) is 185 cm³/mol. The molecule has 7 rings (SSSR count). The first-order chi connectivity index (χ1) is 23.2. The zero-order chi connectivity index (χ0) is 35.2. The number of aromatic hydroxyl groups is 1. The SMILES string of the molecule is COc1ccc(C23C(=O)N(Nc4ccc(Cl)cc4Cl)C(=O)C2CC2C(=CCC4C(=O)N(C(C)(C)C)C(=O)C42)C3c2ccc(O)cc2Cl)cc1. The van der Waals surface area contributed by atoms with Gasteiger partial charge in [-0.1, -0.05) is 64.7 Å². The van der Waals surface area contributed by atoms with Gasteiger partial charge in [0.15, 0.2) is 0 Å². The van der Waals surface area contributed by atoms with Crippen molar-refractivity contribution in [3.8, 4) is 11.5 Å². The second-order valence-electron chi connectivity index (χ2n) is 14.1. The first-order valence-corrected chi connectivity index (χ1v) is 17.1. The van der Waals surface area contributed by atoms with Crippen molar-refractivity contribution in [3.05, 3.63) is 98.5 Å². The molecular weight excluding hydrogens is 689 g/mol. The third-order valence-corrected chi connectivity index (χ3v) is 11.4. The maximum absolute atomic E-state index is 15.3. The topological polar surface area (TPSA) is 116 Å². The van der Waals surface area contributed by atoms with Crippen LogP contribution < -0.4 is 10.2 Å². The van der Waals surface area contributed by atoms with Gasteiger partial charge < -0.3 is 9.84 Å². The lowest BCUT2D eigenvalue weighted by Gasteiger charge is -2.50. The fourth-order valence-electron chi connectivity index (χ4n) is 8.60. The number of hydrogen-bond donors (Lipinski definition) is 2. The van der Waals surface area contributed by atoms with Gasteiger partial charge in [0.2, 0.25) is 11.8 Å². The molecule has 4 amide bonds. The average Bonchev–Trinajstić information content (AvgIpc) is 3.43. The van der Waals surface area contributed by atoms with Crippen LogP contribution in [-0.4, -0.2) is 51.3 Å². The number of likely N-dealkylation sites (tertiary alicyclic amines) is 1. The van der Waals surface area contributed by atoms with Crippen molar-refractivity contribution >= 4 is 64.1 Å². The van der Waals surface area contributed by atoms with E-state index in [1.807, 2.05) is 26.8 Å². The van der Waals surface area contributed by atoms with E-state index in [4.69, 9.17) is 39.5 Å². The van der Waals surface area contributed by atoms with Crippen molar-refractivity contribution in [2.24, 2.45) is 23.7 Å². The number of nitrogens with one attached hydrogen (secondary N) is 1. The van der Waals surface area contributed by atoms with Gasteiger partial charge in [-0.25, -0.2) is 0 Å². The molecule has 0 spiro atoms. The largest absolute Gasteiger partial charge is 0.508 e. The van der Waals surface area contributed by atoms with Gasteiger partial charge in [0, 0.05) is 21.5 Å². The molecule has 2 N–H and O–H groups in total. The number of anilines is 1. The quantitative estimate of drug-likeness (QED) is 0.212. The third-order valence-electron chi connectivity index (χ3n) is 10.5. The Morgan fingerprint density at radius 1 is 0.878 bits per heavy atom. The van der Waals surface area contributed by atoms with E-state index in [0.29, 0.717) is 27.6 Å². The minimum Gasteiger partial charge on any atom is -0.508 e. The van der Waals surface area contributed by atoms with E-state index < -0.39 is 52.4 Å².